The molecule has 17 nitrogen and oxygen atoms in total. The highest BCUT2D eigenvalue weighted by atomic mass is 16.4. The molecule has 0 bridgehead atoms. The Hall–Kier alpha value is -3.99. The van der Waals surface area contributed by atoms with Crippen LogP contribution < -0.4 is 38.1 Å². The number of nitrogens with two attached hydrogens (primary N) is 2. The van der Waals surface area contributed by atoms with Crippen LogP contribution in [0.4, 0.5) is 0 Å². The predicted molar refractivity (Wildman–Crippen MR) is 159 cm³/mol. The average molecular weight is 626 g/mol. The van der Waals surface area contributed by atoms with Gasteiger partial charge in [-0.25, -0.2) is 0 Å². The highest BCUT2D eigenvalue weighted by Crippen LogP contribution is 2.21. The van der Waals surface area contributed by atoms with Gasteiger partial charge in [0.2, 0.25) is 29.5 Å². The molecule has 0 radical (unpaired) electrons. The van der Waals surface area contributed by atoms with E-state index in [0.29, 0.717) is 25.8 Å². The molecule has 5 amide bonds. The molecule has 5 atom stereocenters. The second-order valence-corrected chi connectivity index (χ2v) is 11.4. The average Bonchev–Trinajstić information content (AvgIpc) is 3.68. The lowest BCUT2D eigenvalue weighted by Gasteiger charge is -2.30. The van der Waals surface area contributed by atoms with Crippen molar-refractivity contribution in [3.63, 3.8) is 0 Å². The SMILES string of the molecule is CC(C)CC(NC(=O)C(CCCN=C(N)N)NC(=O)C(CO)NC(=O)C1CCCN1)C(=O)N1CCCC1C(=O)NCC(=O)O. The number of rotatable bonds is 17. The smallest absolute Gasteiger partial charge is 0.322 e. The van der Waals surface area contributed by atoms with E-state index in [2.05, 4.69) is 31.6 Å². The summed E-state index contributed by atoms with van der Waals surface area (Å²) in [6.07, 6.45) is 2.82. The Morgan fingerprint density at radius 2 is 1.64 bits per heavy atom. The molecule has 248 valence electrons. The number of nitrogens with zero attached hydrogens (tertiary/aromatic N) is 2. The van der Waals surface area contributed by atoms with Gasteiger partial charge < -0.3 is 53.2 Å². The minimum atomic E-state index is -1.32. The minimum absolute atomic E-state index is 0.0424. The molecule has 0 saturated carbocycles. The van der Waals surface area contributed by atoms with Crippen LogP contribution in [0.15, 0.2) is 4.99 Å². The second kappa shape index (κ2) is 18.0. The molecule has 17 heteroatoms. The summed E-state index contributed by atoms with van der Waals surface area (Å²) >= 11 is 0. The first-order chi connectivity index (χ1) is 20.8. The van der Waals surface area contributed by atoms with Gasteiger partial charge in [-0.15, -0.1) is 0 Å². The van der Waals surface area contributed by atoms with Gasteiger partial charge >= 0.3 is 5.97 Å². The first-order valence-electron chi connectivity index (χ1n) is 14.9. The number of carbonyl (C=O) groups excluding carboxylic acids is 5. The van der Waals surface area contributed by atoms with Crippen molar-refractivity contribution in [1.82, 2.24) is 31.5 Å². The molecule has 0 aromatic rings. The van der Waals surface area contributed by atoms with E-state index in [9.17, 15) is 33.9 Å². The summed E-state index contributed by atoms with van der Waals surface area (Å²) < 4.78 is 0. The summed E-state index contributed by atoms with van der Waals surface area (Å²) in [5, 5.41) is 31.8. The lowest BCUT2D eigenvalue weighted by molar-refractivity contribution is -0.143. The molecular formula is C27H47N9O8. The van der Waals surface area contributed by atoms with E-state index in [-0.39, 0.29) is 44.2 Å². The zero-order valence-electron chi connectivity index (χ0n) is 25.3. The molecule has 2 aliphatic heterocycles. The zero-order valence-corrected chi connectivity index (χ0v) is 25.3. The van der Waals surface area contributed by atoms with Gasteiger partial charge in [-0.1, -0.05) is 13.8 Å². The highest BCUT2D eigenvalue weighted by molar-refractivity contribution is 5.96. The number of aliphatic hydroxyl groups is 1. The van der Waals surface area contributed by atoms with Crippen LogP contribution in [0.3, 0.4) is 0 Å². The molecule has 44 heavy (non-hydrogen) atoms. The van der Waals surface area contributed by atoms with Crippen molar-refractivity contribution in [3.8, 4) is 0 Å². The van der Waals surface area contributed by atoms with E-state index in [1.165, 1.54) is 4.90 Å². The fourth-order valence-corrected chi connectivity index (χ4v) is 5.17. The molecule has 0 aliphatic carbocycles. The van der Waals surface area contributed by atoms with Crippen LogP contribution in [-0.4, -0.2) is 120 Å². The van der Waals surface area contributed by atoms with Gasteiger partial charge in [0.1, 0.15) is 30.7 Å². The lowest BCUT2D eigenvalue weighted by Crippen LogP contribution is -2.59. The van der Waals surface area contributed by atoms with Crippen LogP contribution in [-0.2, 0) is 28.8 Å². The van der Waals surface area contributed by atoms with E-state index in [1.807, 2.05) is 13.8 Å². The van der Waals surface area contributed by atoms with Gasteiger partial charge in [0, 0.05) is 13.1 Å². The van der Waals surface area contributed by atoms with Crippen LogP contribution in [0.1, 0.15) is 58.8 Å². The summed E-state index contributed by atoms with van der Waals surface area (Å²) in [6, 6.07) is -4.91. The number of carbonyl (C=O) groups is 6. The lowest BCUT2D eigenvalue weighted by atomic mass is 10.0. The van der Waals surface area contributed by atoms with Crippen molar-refractivity contribution in [2.24, 2.45) is 22.4 Å². The fourth-order valence-electron chi connectivity index (χ4n) is 5.17. The molecule has 0 aromatic carbocycles. The van der Waals surface area contributed by atoms with Crippen LogP contribution in [0.25, 0.3) is 0 Å². The minimum Gasteiger partial charge on any atom is -0.480 e. The monoisotopic (exact) mass is 625 g/mol. The fraction of sp³-hybridized carbons (Fsp3) is 0.741. The van der Waals surface area contributed by atoms with Crippen molar-refractivity contribution in [3.05, 3.63) is 0 Å². The third-order valence-corrected chi connectivity index (χ3v) is 7.34. The third-order valence-electron chi connectivity index (χ3n) is 7.34. The first kappa shape index (κ1) is 36.2. The van der Waals surface area contributed by atoms with Crippen molar-refractivity contribution in [1.29, 1.82) is 0 Å². The number of hydrogen-bond donors (Lipinski definition) is 9. The predicted octanol–water partition coefficient (Wildman–Crippen LogP) is -3.52. The largest absolute Gasteiger partial charge is 0.480 e. The molecule has 0 aromatic heterocycles. The van der Waals surface area contributed by atoms with Crippen molar-refractivity contribution >= 4 is 41.5 Å². The van der Waals surface area contributed by atoms with E-state index in [1.54, 1.807) is 0 Å². The molecule has 2 rings (SSSR count). The molecule has 2 saturated heterocycles. The number of hydrogen-bond acceptors (Lipinski definition) is 9. The maximum Gasteiger partial charge on any atom is 0.322 e. The van der Waals surface area contributed by atoms with Crippen molar-refractivity contribution in [2.45, 2.75) is 89.0 Å². The Morgan fingerprint density at radius 1 is 0.955 bits per heavy atom. The Labute approximate surface area is 256 Å². The molecule has 2 heterocycles. The number of guanidine groups is 1. The zero-order chi connectivity index (χ0) is 32.8. The third kappa shape index (κ3) is 11.6. The number of amides is 5. The maximum absolute atomic E-state index is 13.6. The number of carboxylic acids is 1. The Morgan fingerprint density at radius 3 is 2.23 bits per heavy atom. The van der Waals surface area contributed by atoms with Gasteiger partial charge in [-0.05, 0) is 57.4 Å². The number of aliphatic carboxylic acids is 1. The topological polar surface area (TPSA) is 271 Å². The van der Waals surface area contributed by atoms with Crippen LogP contribution in [0.2, 0.25) is 0 Å². The second-order valence-electron chi connectivity index (χ2n) is 11.4. The number of likely N-dealkylation sites (tertiary alicyclic amines) is 1. The van der Waals surface area contributed by atoms with Crippen LogP contribution in [0, 0.1) is 5.92 Å². The molecule has 11 N–H and O–H groups in total. The van der Waals surface area contributed by atoms with Gasteiger partial charge in [-0.3, -0.25) is 33.8 Å². The highest BCUT2D eigenvalue weighted by Gasteiger charge is 2.39. The Bertz CT molecular complexity index is 1060. The summed E-state index contributed by atoms with van der Waals surface area (Å²) in [5.74, 6) is -4.42. The summed E-state index contributed by atoms with van der Waals surface area (Å²) in [6.45, 7) is 3.49. The van der Waals surface area contributed by atoms with Gasteiger partial charge in [0.15, 0.2) is 5.96 Å². The molecule has 0 spiro atoms. The van der Waals surface area contributed by atoms with Crippen molar-refractivity contribution < 1.29 is 39.0 Å². The van der Waals surface area contributed by atoms with E-state index in [4.69, 9.17) is 16.6 Å². The summed E-state index contributed by atoms with van der Waals surface area (Å²) in [7, 11) is 0. The number of aliphatic imine (C=N–C) groups is 1. The van der Waals surface area contributed by atoms with Gasteiger partial charge in [0.05, 0.1) is 12.6 Å². The van der Waals surface area contributed by atoms with Crippen LogP contribution in [0.5, 0.6) is 0 Å². The van der Waals surface area contributed by atoms with Crippen molar-refractivity contribution in [2.75, 3.05) is 32.8 Å². The molecule has 5 unspecified atom stereocenters. The van der Waals surface area contributed by atoms with E-state index in [0.717, 1.165) is 6.42 Å². The Kier molecular flexibility index (Phi) is 14.8. The summed E-state index contributed by atoms with van der Waals surface area (Å²) in [4.78, 5) is 81.6. The normalized spacial score (nSPS) is 19.9. The van der Waals surface area contributed by atoms with Gasteiger partial charge in [-0.2, -0.15) is 0 Å². The maximum atomic E-state index is 13.6. The first-order valence-corrected chi connectivity index (χ1v) is 14.9. The van der Waals surface area contributed by atoms with Gasteiger partial charge in [0.25, 0.3) is 0 Å². The number of carboxylic acid groups (broad SMARTS) is 1. The molecular weight excluding hydrogens is 578 g/mol. The number of aliphatic hydroxyl groups excluding tert-OH is 1. The van der Waals surface area contributed by atoms with E-state index < -0.39 is 78.9 Å². The summed E-state index contributed by atoms with van der Waals surface area (Å²) in [5.41, 5.74) is 10.8. The Balaban J connectivity index is 2.19. The standard InChI is InChI=1S/C27H47N9O8/c1-15(2)12-18(26(44)36-11-5-8-20(36)25(43)32-13-21(38)39)34-23(41)17(7-4-10-31-27(28)29)33-24(42)19(14-37)35-22(40)16-6-3-9-30-16/h15-20,30,37H,3-14H2,1-2H3,(H,32,43)(H,33,42)(H,34,41)(H,35,40)(H,38,39)(H4,28,29,31). The number of nitrogens with one attached hydrogen (secondary N) is 5. The van der Waals surface area contributed by atoms with Crippen LogP contribution >= 0.6 is 0 Å². The molecule has 2 aliphatic rings. The quantitative estimate of drug-likeness (QED) is 0.0434. The van der Waals surface area contributed by atoms with E-state index >= 15 is 0 Å². The molecule has 2 fully saturated rings.